The van der Waals surface area contributed by atoms with Crippen molar-refractivity contribution in [1.29, 1.82) is 0 Å². The first kappa shape index (κ1) is 11.3. The highest BCUT2D eigenvalue weighted by Crippen LogP contribution is 2.20. The van der Waals surface area contributed by atoms with Crippen LogP contribution in [0.3, 0.4) is 0 Å². The summed E-state index contributed by atoms with van der Waals surface area (Å²) in [4.78, 5) is 21.2. The maximum Gasteiger partial charge on any atom is 0.280 e. The number of nitro groups is 1. The van der Waals surface area contributed by atoms with Crippen LogP contribution in [0.25, 0.3) is 0 Å². The van der Waals surface area contributed by atoms with Crippen molar-refractivity contribution in [3.05, 3.63) is 39.7 Å². The zero-order chi connectivity index (χ0) is 11.6. The summed E-state index contributed by atoms with van der Waals surface area (Å²) in [5, 5.41) is 10.6. The number of nitrogens with zero attached hydrogens (tertiary/aromatic N) is 1. The minimum Gasteiger partial charge on any atom is -0.321 e. The minimum atomic E-state index is -0.898. The van der Waals surface area contributed by atoms with Gasteiger partial charge in [-0.1, -0.05) is 0 Å². The minimum absolute atomic E-state index is 0.296. The SMILES string of the molecule is CC(N)C(=O)c1cc(F)ccc1[N+](=O)[O-]. The second-order valence-corrected chi connectivity index (χ2v) is 3.07. The van der Waals surface area contributed by atoms with Crippen molar-refractivity contribution in [2.75, 3.05) is 0 Å². The van der Waals surface area contributed by atoms with E-state index in [1.54, 1.807) is 0 Å². The van der Waals surface area contributed by atoms with Gasteiger partial charge in [0, 0.05) is 6.07 Å². The molecule has 5 nitrogen and oxygen atoms in total. The monoisotopic (exact) mass is 212 g/mol. The maximum absolute atomic E-state index is 12.8. The summed E-state index contributed by atoms with van der Waals surface area (Å²) in [6.07, 6.45) is 0. The van der Waals surface area contributed by atoms with Crippen LogP contribution in [0.2, 0.25) is 0 Å². The zero-order valence-electron chi connectivity index (χ0n) is 7.94. The van der Waals surface area contributed by atoms with Crippen LogP contribution < -0.4 is 5.73 Å². The van der Waals surface area contributed by atoms with Crippen molar-refractivity contribution in [3.8, 4) is 0 Å². The zero-order valence-corrected chi connectivity index (χ0v) is 7.94. The van der Waals surface area contributed by atoms with Crippen LogP contribution in [0.1, 0.15) is 17.3 Å². The molecule has 80 valence electrons. The van der Waals surface area contributed by atoms with Gasteiger partial charge in [-0.3, -0.25) is 14.9 Å². The second kappa shape index (κ2) is 4.14. The highest BCUT2D eigenvalue weighted by molar-refractivity contribution is 6.03. The highest BCUT2D eigenvalue weighted by atomic mass is 19.1. The van der Waals surface area contributed by atoms with Crippen molar-refractivity contribution in [1.82, 2.24) is 0 Å². The van der Waals surface area contributed by atoms with Gasteiger partial charge in [0.15, 0.2) is 5.78 Å². The number of ketones is 1. The average molecular weight is 212 g/mol. The van der Waals surface area contributed by atoms with E-state index in [1.807, 2.05) is 0 Å². The summed E-state index contributed by atoms with van der Waals surface area (Å²) >= 11 is 0. The molecule has 0 fully saturated rings. The number of nitrogens with two attached hydrogens (primary N) is 1. The van der Waals surface area contributed by atoms with Crippen LogP contribution >= 0.6 is 0 Å². The number of benzene rings is 1. The van der Waals surface area contributed by atoms with E-state index >= 15 is 0 Å². The van der Waals surface area contributed by atoms with Crippen LogP contribution in [0.4, 0.5) is 10.1 Å². The Morgan fingerprint density at radius 2 is 2.20 bits per heavy atom. The molecule has 1 unspecified atom stereocenters. The third kappa shape index (κ3) is 2.35. The van der Waals surface area contributed by atoms with E-state index in [1.165, 1.54) is 6.92 Å². The van der Waals surface area contributed by atoms with Crippen LogP contribution in [-0.2, 0) is 0 Å². The summed E-state index contributed by atoms with van der Waals surface area (Å²) in [5.41, 5.74) is 4.56. The highest BCUT2D eigenvalue weighted by Gasteiger charge is 2.22. The molecule has 1 aromatic carbocycles. The standard InChI is InChI=1S/C9H9FN2O3/c1-5(11)9(13)7-4-6(10)2-3-8(7)12(14)15/h2-5H,11H2,1H3. The molecule has 15 heavy (non-hydrogen) atoms. The number of carbonyl (C=O) groups is 1. The first-order chi connectivity index (χ1) is 6.93. The predicted octanol–water partition coefficient (Wildman–Crippen LogP) is 1.26. The van der Waals surface area contributed by atoms with Gasteiger partial charge in [0.2, 0.25) is 0 Å². The summed E-state index contributed by atoms with van der Waals surface area (Å²) < 4.78 is 12.8. The lowest BCUT2D eigenvalue weighted by atomic mass is 10.0. The Bertz CT molecular complexity index is 418. The van der Waals surface area contributed by atoms with Crippen LogP contribution in [0.5, 0.6) is 0 Å². The molecule has 0 saturated heterocycles. The Kier molecular flexibility index (Phi) is 3.11. The molecule has 1 rings (SSSR count). The van der Waals surface area contributed by atoms with E-state index < -0.39 is 28.3 Å². The number of rotatable bonds is 3. The molecule has 0 spiro atoms. The molecule has 1 atom stereocenters. The van der Waals surface area contributed by atoms with Crippen LogP contribution in [-0.4, -0.2) is 16.7 Å². The normalized spacial score (nSPS) is 12.2. The van der Waals surface area contributed by atoms with Gasteiger partial charge in [-0.15, -0.1) is 0 Å². The van der Waals surface area contributed by atoms with E-state index in [-0.39, 0.29) is 5.56 Å². The average Bonchev–Trinajstić information content (AvgIpc) is 2.15. The largest absolute Gasteiger partial charge is 0.321 e. The Balaban J connectivity index is 3.30. The van der Waals surface area contributed by atoms with Crippen LogP contribution in [0.15, 0.2) is 18.2 Å². The Labute approximate surface area is 84.8 Å². The van der Waals surface area contributed by atoms with Gasteiger partial charge in [-0.2, -0.15) is 0 Å². The maximum atomic E-state index is 12.8. The van der Waals surface area contributed by atoms with Crippen molar-refractivity contribution >= 4 is 11.5 Å². The fourth-order valence-electron chi connectivity index (χ4n) is 1.11. The lowest BCUT2D eigenvalue weighted by Gasteiger charge is -2.04. The lowest BCUT2D eigenvalue weighted by molar-refractivity contribution is -0.385. The molecular formula is C9H9FN2O3. The number of nitro benzene ring substituents is 1. The molecule has 0 bridgehead atoms. The predicted molar refractivity (Wildman–Crippen MR) is 51.0 cm³/mol. The molecule has 1 aromatic rings. The van der Waals surface area contributed by atoms with Gasteiger partial charge in [0.25, 0.3) is 5.69 Å². The summed E-state index contributed by atoms with van der Waals surface area (Å²) in [5.74, 6) is -1.36. The first-order valence-electron chi connectivity index (χ1n) is 4.17. The molecule has 0 amide bonds. The van der Waals surface area contributed by atoms with Crippen molar-refractivity contribution in [2.45, 2.75) is 13.0 Å². The van der Waals surface area contributed by atoms with E-state index in [4.69, 9.17) is 5.73 Å². The molecule has 0 radical (unpaired) electrons. The molecule has 2 N–H and O–H groups in total. The smallest absolute Gasteiger partial charge is 0.280 e. The molecule has 6 heteroatoms. The van der Waals surface area contributed by atoms with Crippen LogP contribution in [0, 0.1) is 15.9 Å². The molecule has 0 saturated carbocycles. The molecule has 0 aliphatic heterocycles. The Morgan fingerprint density at radius 1 is 1.60 bits per heavy atom. The molecule has 0 heterocycles. The summed E-state index contributed by atoms with van der Waals surface area (Å²) in [6, 6.07) is 1.80. The molecule has 0 aliphatic rings. The van der Waals surface area contributed by atoms with E-state index in [0.717, 1.165) is 18.2 Å². The van der Waals surface area contributed by atoms with E-state index in [0.29, 0.717) is 0 Å². The lowest BCUT2D eigenvalue weighted by Crippen LogP contribution is -2.27. The number of hydrogen-bond donors (Lipinski definition) is 1. The number of halogens is 1. The second-order valence-electron chi connectivity index (χ2n) is 3.07. The Hall–Kier alpha value is -1.82. The summed E-state index contributed by atoms with van der Waals surface area (Å²) in [7, 11) is 0. The molecule has 0 aromatic heterocycles. The fourth-order valence-corrected chi connectivity index (χ4v) is 1.11. The van der Waals surface area contributed by atoms with E-state index in [9.17, 15) is 19.3 Å². The fraction of sp³-hybridized carbons (Fsp3) is 0.222. The number of hydrogen-bond acceptors (Lipinski definition) is 4. The van der Waals surface area contributed by atoms with Gasteiger partial charge in [-0.05, 0) is 19.1 Å². The van der Waals surface area contributed by atoms with Crippen molar-refractivity contribution < 1.29 is 14.1 Å². The third-order valence-electron chi connectivity index (χ3n) is 1.83. The van der Waals surface area contributed by atoms with Gasteiger partial charge >= 0.3 is 0 Å². The summed E-state index contributed by atoms with van der Waals surface area (Å²) in [6.45, 7) is 1.39. The molecular weight excluding hydrogens is 203 g/mol. The van der Waals surface area contributed by atoms with Gasteiger partial charge in [0.1, 0.15) is 5.82 Å². The molecule has 0 aliphatic carbocycles. The third-order valence-corrected chi connectivity index (χ3v) is 1.83. The van der Waals surface area contributed by atoms with E-state index in [2.05, 4.69) is 0 Å². The first-order valence-corrected chi connectivity index (χ1v) is 4.17. The number of Topliss-reactive ketones (excluding diaryl/α,β-unsaturated/α-hetero) is 1. The topological polar surface area (TPSA) is 86.2 Å². The Morgan fingerprint density at radius 3 is 2.67 bits per heavy atom. The van der Waals surface area contributed by atoms with Crippen molar-refractivity contribution in [3.63, 3.8) is 0 Å². The van der Waals surface area contributed by atoms with Gasteiger partial charge in [0.05, 0.1) is 16.5 Å². The van der Waals surface area contributed by atoms with Gasteiger partial charge < -0.3 is 5.73 Å². The quantitative estimate of drug-likeness (QED) is 0.464. The van der Waals surface area contributed by atoms with Gasteiger partial charge in [-0.25, -0.2) is 4.39 Å². The number of carbonyl (C=O) groups excluding carboxylic acids is 1. The van der Waals surface area contributed by atoms with Crippen molar-refractivity contribution in [2.24, 2.45) is 5.73 Å².